The Morgan fingerprint density at radius 1 is 1.58 bits per heavy atom. The molecule has 0 amide bonds. The minimum atomic E-state index is -0.531. The molecule has 1 saturated heterocycles. The number of rotatable bonds is 2. The molecule has 0 radical (unpaired) electrons. The minimum absolute atomic E-state index is 0.00475. The maximum atomic E-state index is 10.9. The molecular formula is C6H11MnN3O2. The Kier molecular flexibility index (Phi) is 3.84. The van der Waals surface area contributed by atoms with E-state index >= 15 is 0 Å². The van der Waals surface area contributed by atoms with E-state index in [0.717, 1.165) is 13.1 Å². The van der Waals surface area contributed by atoms with Crippen molar-refractivity contribution < 1.29 is 25.1 Å². The summed E-state index contributed by atoms with van der Waals surface area (Å²) in [4.78, 5) is 10.9. The molecule has 0 saturated carbocycles. The van der Waals surface area contributed by atoms with Crippen LogP contribution in [0.2, 0.25) is 0 Å². The second-order valence-corrected chi connectivity index (χ2v) is 3.04. The van der Waals surface area contributed by atoms with Gasteiger partial charge in [0.1, 0.15) is 0 Å². The average Bonchev–Trinajstić information content (AvgIpc) is 2.06. The molecule has 1 unspecified atom stereocenters. The van der Waals surface area contributed by atoms with Gasteiger partial charge in [0, 0.05) is 0 Å². The molecule has 1 atom stereocenters. The van der Waals surface area contributed by atoms with Crippen molar-refractivity contribution in [2.24, 2.45) is 5.73 Å². The van der Waals surface area contributed by atoms with Gasteiger partial charge in [-0.2, -0.15) is 0 Å². The first-order chi connectivity index (χ1) is 5.70. The van der Waals surface area contributed by atoms with Gasteiger partial charge in [0.15, 0.2) is 0 Å². The molecule has 69 valence electrons. The topological polar surface area (TPSA) is 76.4 Å². The Labute approximate surface area is 78.4 Å². The fourth-order valence-corrected chi connectivity index (χ4v) is 0.965. The Morgan fingerprint density at radius 2 is 2.33 bits per heavy atom. The van der Waals surface area contributed by atoms with Crippen molar-refractivity contribution in [2.75, 3.05) is 19.6 Å². The van der Waals surface area contributed by atoms with Crippen LogP contribution in [0, 0.1) is 0 Å². The first kappa shape index (κ1) is 9.82. The zero-order valence-corrected chi connectivity index (χ0v) is 7.65. The van der Waals surface area contributed by atoms with Gasteiger partial charge < -0.3 is 0 Å². The summed E-state index contributed by atoms with van der Waals surface area (Å²) in [7, 11) is 0. The molecular weight excluding hydrogens is 201 g/mol. The van der Waals surface area contributed by atoms with Crippen LogP contribution in [0.3, 0.4) is 0 Å². The van der Waals surface area contributed by atoms with E-state index in [0.29, 0.717) is 6.54 Å². The molecule has 0 aromatic carbocycles. The number of carbonyl (C=O) groups is 1. The predicted molar refractivity (Wildman–Crippen MR) is 39.9 cm³/mol. The van der Waals surface area contributed by atoms with E-state index in [2.05, 4.69) is 26.2 Å². The molecule has 0 aliphatic carbocycles. The van der Waals surface area contributed by atoms with Crippen molar-refractivity contribution in [3.63, 3.8) is 0 Å². The van der Waals surface area contributed by atoms with Gasteiger partial charge in [0.25, 0.3) is 0 Å². The number of esters is 1. The normalized spacial score (nSPS) is 23.2. The summed E-state index contributed by atoms with van der Waals surface area (Å²) < 4.78 is 4.93. The third kappa shape index (κ3) is 3.00. The summed E-state index contributed by atoms with van der Waals surface area (Å²) in [6.07, 6.45) is -0.276. The van der Waals surface area contributed by atoms with Gasteiger partial charge >= 0.3 is 77.8 Å². The molecule has 1 rings (SSSR count). The summed E-state index contributed by atoms with van der Waals surface area (Å²) in [6, 6.07) is 0. The zero-order valence-electron chi connectivity index (χ0n) is 6.47. The van der Waals surface area contributed by atoms with E-state index in [1.54, 1.807) is 0 Å². The van der Waals surface area contributed by atoms with Crippen LogP contribution in [0.5, 0.6) is 0 Å². The maximum absolute atomic E-state index is 10.9. The second-order valence-electron chi connectivity index (χ2n) is 2.40. The predicted octanol–water partition coefficient (Wildman–Crippen LogP) is -2.32. The van der Waals surface area contributed by atoms with E-state index in [1.807, 2.05) is 0 Å². The first-order valence-electron chi connectivity index (χ1n) is 3.63. The number of hydrogen-bond acceptors (Lipinski definition) is 5. The van der Waals surface area contributed by atoms with Gasteiger partial charge in [0.2, 0.25) is 0 Å². The number of ether oxygens (including phenoxy) is 1. The Hall–Kier alpha value is -0.261. The fraction of sp³-hybridized carbons (Fsp3) is 0.667. The molecule has 1 fully saturated rings. The van der Waals surface area contributed by atoms with Gasteiger partial charge in [-0.25, -0.2) is 0 Å². The van der Waals surface area contributed by atoms with Gasteiger partial charge in [-0.1, -0.05) is 0 Å². The van der Waals surface area contributed by atoms with Crippen molar-refractivity contribution in [1.29, 1.82) is 0 Å². The Balaban J connectivity index is 2.29. The molecule has 12 heavy (non-hydrogen) atoms. The third-order valence-electron chi connectivity index (χ3n) is 1.45. The van der Waals surface area contributed by atoms with E-state index in [1.165, 1.54) is 0 Å². The number of nitrogens with one attached hydrogen (secondary N) is 2. The standard InChI is InChI=1S/C6H11N3O2.Mn/c7-3-6(10)11-5-4-8-1-2-9-5;/h5,8-9H,1-2,4,7H2;. The van der Waals surface area contributed by atoms with Crippen LogP contribution in [-0.4, -0.2) is 36.4 Å². The van der Waals surface area contributed by atoms with Crippen molar-refractivity contribution in [1.82, 2.24) is 10.6 Å². The van der Waals surface area contributed by atoms with Crippen LogP contribution in [0.25, 0.3) is 0 Å². The fourth-order valence-electron chi connectivity index (χ4n) is 0.896. The molecule has 4 N–H and O–H groups in total. The molecule has 0 aromatic heterocycles. The van der Waals surface area contributed by atoms with Crippen LogP contribution in [-0.2, 0) is 25.1 Å². The summed E-state index contributed by atoms with van der Waals surface area (Å²) in [5, 5.41) is 6.08. The zero-order chi connectivity index (χ0) is 8.97. The molecule has 1 heterocycles. The molecule has 1 aliphatic rings. The Morgan fingerprint density at radius 3 is 2.83 bits per heavy atom. The average molecular weight is 212 g/mol. The van der Waals surface area contributed by atoms with Crippen LogP contribution in [0.4, 0.5) is 0 Å². The van der Waals surface area contributed by atoms with Gasteiger partial charge in [-0.05, 0) is 0 Å². The van der Waals surface area contributed by atoms with Gasteiger partial charge in [-0.3, -0.25) is 0 Å². The Bertz CT molecular complexity index is 191. The number of nitrogens with two attached hydrogens (primary N) is 1. The van der Waals surface area contributed by atoms with E-state index in [9.17, 15) is 4.79 Å². The molecule has 0 aromatic rings. The van der Waals surface area contributed by atoms with Crippen molar-refractivity contribution in [3.8, 4) is 0 Å². The molecule has 6 heteroatoms. The number of piperazine rings is 1. The molecule has 0 spiro atoms. The van der Waals surface area contributed by atoms with Crippen LogP contribution in [0.15, 0.2) is 0 Å². The summed E-state index contributed by atoms with van der Waals surface area (Å²) in [5.74, 6) is -0.531. The van der Waals surface area contributed by atoms with Crippen LogP contribution >= 0.6 is 0 Å². The first-order valence-corrected chi connectivity index (χ1v) is 4.22. The summed E-state index contributed by atoms with van der Waals surface area (Å²) in [6.45, 7) is 2.30. The van der Waals surface area contributed by atoms with E-state index < -0.39 is 5.97 Å². The second kappa shape index (κ2) is 4.69. The van der Waals surface area contributed by atoms with Gasteiger partial charge in [-0.15, -0.1) is 0 Å². The number of hydrogen-bond donors (Lipinski definition) is 3. The molecule has 1 aliphatic heterocycles. The van der Waals surface area contributed by atoms with Crippen molar-refractivity contribution in [2.45, 2.75) is 6.23 Å². The SMILES string of the molecule is N[C](=[Mn])C(=O)OC1CNCCN1. The quantitative estimate of drug-likeness (QED) is 0.354. The van der Waals surface area contributed by atoms with E-state index in [4.69, 9.17) is 10.5 Å². The molecule has 5 nitrogen and oxygen atoms in total. The van der Waals surface area contributed by atoms with Crippen LogP contribution < -0.4 is 16.4 Å². The monoisotopic (exact) mass is 212 g/mol. The van der Waals surface area contributed by atoms with Crippen molar-refractivity contribution in [3.05, 3.63) is 0 Å². The third-order valence-corrected chi connectivity index (χ3v) is 1.69. The molecule has 0 bridgehead atoms. The van der Waals surface area contributed by atoms with Crippen molar-refractivity contribution >= 4 is 10.5 Å². The summed E-state index contributed by atoms with van der Waals surface area (Å²) in [5.41, 5.74) is 5.16. The summed E-state index contributed by atoms with van der Waals surface area (Å²) >= 11 is 2.84. The van der Waals surface area contributed by atoms with Gasteiger partial charge in [0.05, 0.1) is 0 Å². The van der Waals surface area contributed by atoms with Crippen LogP contribution in [0.1, 0.15) is 0 Å². The van der Waals surface area contributed by atoms with E-state index in [-0.39, 0.29) is 10.8 Å². The number of carbonyl (C=O) groups excluding carboxylic acids is 1.